The zero-order valence-electron chi connectivity index (χ0n) is 11.8. The van der Waals surface area contributed by atoms with Crippen LogP contribution in [-0.4, -0.2) is 15.3 Å². The van der Waals surface area contributed by atoms with E-state index in [4.69, 9.17) is 11.6 Å². The topological polar surface area (TPSA) is 63.5 Å². The van der Waals surface area contributed by atoms with Crippen molar-refractivity contribution in [3.63, 3.8) is 0 Å². The third kappa shape index (κ3) is 2.93. The molecule has 0 unspecified atom stereocenters. The summed E-state index contributed by atoms with van der Waals surface area (Å²) >= 11 is 5.90. The smallest absolute Gasteiger partial charge is 0.270 e. The number of halogens is 2. The van der Waals surface area contributed by atoms with Gasteiger partial charge in [0.1, 0.15) is 17.0 Å². The van der Waals surface area contributed by atoms with E-state index in [1.165, 1.54) is 35.0 Å². The van der Waals surface area contributed by atoms with Gasteiger partial charge < -0.3 is 5.32 Å². The first-order valence-electron chi connectivity index (χ1n) is 6.75. The molecule has 1 amide bonds. The Morgan fingerprint density at radius 2 is 2.09 bits per heavy atom. The van der Waals surface area contributed by atoms with Gasteiger partial charge in [0.15, 0.2) is 0 Å². The highest BCUT2D eigenvalue weighted by Crippen LogP contribution is 2.18. The van der Waals surface area contributed by atoms with Crippen molar-refractivity contribution in [2.24, 2.45) is 0 Å². The van der Waals surface area contributed by atoms with Gasteiger partial charge in [-0.3, -0.25) is 14.0 Å². The summed E-state index contributed by atoms with van der Waals surface area (Å²) in [5, 5.41) is 2.69. The molecule has 2 heterocycles. The Balaban J connectivity index is 1.87. The Morgan fingerprint density at radius 3 is 2.87 bits per heavy atom. The van der Waals surface area contributed by atoms with Gasteiger partial charge in [0, 0.05) is 29.5 Å². The second-order valence-corrected chi connectivity index (χ2v) is 5.20. The number of rotatable bonds is 3. The van der Waals surface area contributed by atoms with Gasteiger partial charge in [-0.2, -0.15) is 0 Å². The van der Waals surface area contributed by atoms with Gasteiger partial charge in [-0.25, -0.2) is 9.37 Å². The number of fused-ring (bicyclic) bond motifs is 1. The van der Waals surface area contributed by atoms with Gasteiger partial charge in [0.2, 0.25) is 0 Å². The van der Waals surface area contributed by atoms with Crippen molar-refractivity contribution in [2.75, 3.05) is 0 Å². The summed E-state index contributed by atoms with van der Waals surface area (Å²) in [6.07, 6.45) is 2.73. The highest BCUT2D eigenvalue weighted by atomic mass is 35.5. The van der Waals surface area contributed by atoms with Gasteiger partial charge in [0.25, 0.3) is 11.5 Å². The number of nitrogens with zero attached hydrogens (tertiary/aromatic N) is 2. The molecule has 0 atom stereocenters. The average Bonchev–Trinajstić information content (AvgIpc) is 2.55. The molecule has 3 rings (SSSR count). The molecule has 116 valence electrons. The molecule has 0 aliphatic carbocycles. The second kappa shape index (κ2) is 6.18. The van der Waals surface area contributed by atoms with Gasteiger partial charge >= 0.3 is 0 Å². The molecular formula is C16H11ClFN3O2. The molecule has 7 heteroatoms. The van der Waals surface area contributed by atoms with Gasteiger partial charge in [-0.15, -0.1) is 0 Å². The maximum Gasteiger partial charge on any atom is 0.270 e. The fourth-order valence-electron chi connectivity index (χ4n) is 2.15. The van der Waals surface area contributed by atoms with Crippen molar-refractivity contribution in [1.82, 2.24) is 14.7 Å². The summed E-state index contributed by atoms with van der Waals surface area (Å²) in [6, 6.07) is 9.31. The number of benzene rings is 1. The summed E-state index contributed by atoms with van der Waals surface area (Å²) in [7, 11) is 0. The fourth-order valence-corrected chi connectivity index (χ4v) is 2.38. The molecule has 1 aromatic carbocycles. The van der Waals surface area contributed by atoms with Gasteiger partial charge in [-0.05, 0) is 24.3 Å². The van der Waals surface area contributed by atoms with Crippen LogP contribution in [0.2, 0.25) is 5.02 Å². The molecular weight excluding hydrogens is 321 g/mol. The lowest BCUT2D eigenvalue weighted by Crippen LogP contribution is -2.31. The molecule has 2 aromatic heterocycles. The highest BCUT2D eigenvalue weighted by Gasteiger charge is 2.14. The number of hydrogen-bond donors (Lipinski definition) is 1. The van der Waals surface area contributed by atoms with Crippen molar-refractivity contribution in [3.05, 3.63) is 81.1 Å². The van der Waals surface area contributed by atoms with Crippen LogP contribution in [0.5, 0.6) is 0 Å². The quantitative estimate of drug-likeness (QED) is 0.801. The maximum absolute atomic E-state index is 13.7. The van der Waals surface area contributed by atoms with E-state index in [9.17, 15) is 14.0 Å². The third-order valence-corrected chi connectivity index (χ3v) is 3.70. The van der Waals surface area contributed by atoms with Crippen LogP contribution in [-0.2, 0) is 6.54 Å². The predicted octanol–water partition coefficient (Wildman–Crippen LogP) is 2.42. The summed E-state index contributed by atoms with van der Waals surface area (Å²) < 4.78 is 14.9. The molecule has 0 fully saturated rings. The van der Waals surface area contributed by atoms with E-state index in [0.29, 0.717) is 5.65 Å². The Labute approximate surface area is 135 Å². The van der Waals surface area contributed by atoms with E-state index in [2.05, 4.69) is 10.3 Å². The zero-order chi connectivity index (χ0) is 16.4. The van der Waals surface area contributed by atoms with E-state index in [0.717, 1.165) is 0 Å². The molecule has 0 bridgehead atoms. The number of aromatic nitrogens is 2. The van der Waals surface area contributed by atoms with Crippen LogP contribution in [0.1, 0.15) is 15.9 Å². The highest BCUT2D eigenvalue weighted by molar-refractivity contribution is 6.31. The van der Waals surface area contributed by atoms with Crippen molar-refractivity contribution in [3.8, 4) is 0 Å². The first-order valence-corrected chi connectivity index (χ1v) is 7.13. The van der Waals surface area contributed by atoms with E-state index in [1.54, 1.807) is 18.2 Å². The summed E-state index contributed by atoms with van der Waals surface area (Å²) in [5.41, 5.74) is -0.0172. The summed E-state index contributed by atoms with van der Waals surface area (Å²) in [4.78, 5) is 28.5. The van der Waals surface area contributed by atoms with Crippen molar-refractivity contribution >= 4 is 23.2 Å². The molecule has 0 spiro atoms. The number of amides is 1. The molecule has 23 heavy (non-hydrogen) atoms. The fraction of sp³-hybridized carbons (Fsp3) is 0.0625. The number of carbonyl (C=O) groups excluding carboxylic acids is 1. The molecule has 5 nitrogen and oxygen atoms in total. The number of carbonyl (C=O) groups is 1. The molecule has 0 saturated heterocycles. The van der Waals surface area contributed by atoms with E-state index in [1.807, 2.05) is 0 Å². The van der Waals surface area contributed by atoms with Gasteiger partial charge in [-0.1, -0.05) is 23.7 Å². The SMILES string of the molecule is O=C(NCc1c(F)cccc1Cl)c1cnc2ccccn2c1=O. The van der Waals surface area contributed by atoms with Crippen LogP contribution in [0.25, 0.3) is 5.65 Å². The first kappa shape index (κ1) is 15.2. The standard InChI is InChI=1S/C16H11ClFN3O2/c17-12-4-3-5-13(18)10(12)8-20-15(22)11-9-19-14-6-1-2-7-21(14)16(11)23/h1-7,9H,8H2,(H,20,22). The van der Waals surface area contributed by atoms with Crippen LogP contribution in [0.15, 0.2) is 53.6 Å². The second-order valence-electron chi connectivity index (χ2n) is 4.79. The molecule has 0 radical (unpaired) electrons. The lowest BCUT2D eigenvalue weighted by molar-refractivity contribution is 0.0948. The largest absolute Gasteiger partial charge is 0.348 e. The third-order valence-electron chi connectivity index (χ3n) is 3.35. The minimum atomic E-state index is -0.639. The van der Waals surface area contributed by atoms with Crippen molar-refractivity contribution in [1.29, 1.82) is 0 Å². The summed E-state index contributed by atoms with van der Waals surface area (Å²) in [5.74, 6) is -1.16. The number of hydrogen-bond acceptors (Lipinski definition) is 3. The molecule has 0 aliphatic rings. The molecule has 0 aliphatic heterocycles. The molecule has 3 aromatic rings. The number of pyridine rings is 1. The number of nitrogens with one attached hydrogen (secondary N) is 1. The van der Waals surface area contributed by atoms with Crippen LogP contribution < -0.4 is 10.9 Å². The monoisotopic (exact) mass is 331 g/mol. The minimum Gasteiger partial charge on any atom is -0.348 e. The van der Waals surface area contributed by atoms with Gasteiger partial charge in [0.05, 0.1) is 0 Å². The Morgan fingerprint density at radius 1 is 1.26 bits per heavy atom. The Bertz CT molecular complexity index is 935. The van der Waals surface area contributed by atoms with E-state index < -0.39 is 17.3 Å². The van der Waals surface area contributed by atoms with Crippen molar-refractivity contribution in [2.45, 2.75) is 6.54 Å². The minimum absolute atomic E-state index is 0.124. The molecule has 1 N–H and O–H groups in total. The Hall–Kier alpha value is -2.73. The lowest BCUT2D eigenvalue weighted by Gasteiger charge is -2.08. The van der Waals surface area contributed by atoms with Crippen LogP contribution in [0.4, 0.5) is 4.39 Å². The lowest BCUT2D eigenvalue weighted by atomic mass is 10.2. The average molecular weight is 332 g/mol. The van der Waals surface area contributed by atoms with E-state index >= 15 is 0 Å². The van der Waals surface area contributed by atoms with Crippen molar-refractivity contribution < 1.29 is 9.18 Å². The molecule has 0 saturated carbocycles. The van der Waals surface area contributed by atoms with Crippen LogP contribution in [0, 0.1) is 5.82 Å². The zero-order valence-corrected chi connectivity index (χ0v) is 12.5. The Kier molecular flexibility index (Phi) is 4.08. The van der Waals surface area contributed by atoms with E-state index in [-0.39, 0.29) is 22.7 Å². The predicted molar refractivity (Wildman–Crippen MR) is 84.0 cm³/mol. The van der Waals surface area contributed by atoms with Crippen LogP contribution in [0.3, 0.4) is 0 Å². The summed E-state index contributed by atoms with van der Waals surface area (Å²) in [6.45, 7) is -0.124. The van der Waals surface area contributed by atoms with Crippen LogP contribution >= 0.6 is 11.6 Å². The maximum atomic E-state index is 13.7. The first-order chi connectivity index (χ1) is 11.1. The normalized spacial score (nSPS) is 10.7.